The van der Waals surface area contributed by atoms with E-state index >= 15 is 0 Å². The molecule has 3 N–H and O–H groups in total. The lowest BCUT2D eigenvalue weighted by Crippen LogP contribution is -1.95. The minimum absolute atomic E-state index is 0.535. The van der Waals surface area contributed by atoms with E-state index in [0.29, 0.717) is 6.54 Å². The van der Waals surface area contributed by atoms with Gasteiger partial charge in [-0.25, -0.2) is 4.98 Å². The third-order valence-corrected chi connectivity index (χ3v) is 4.18. The van der Waals surface area contributed by atoms with Gasteiger partial charge < -0.3 is 10.7 Å². The highest BCUT2D eigenvalue weighted by molar-refractivity contribution is 7.79. The fraction of sp³-hybridized carbons (Fsp3) is 0.0909. The first-order chi connectivity index (χ1) is 13.3. The number of aromatic amines is 1. The Bertz CT molecular complexity index is 964. The average molecular weight is 375 g/mol. The van der Waals surface area contributed by atoms with Gasteiger partial charge in [-0.05, 0) is 24.0 Å². The zero-order valence-electron chi connectivity index (χ0n) is 15.1. The van der Waals surface area contributed by atoms with Crippen molar-refractivity contribution in [3.63, 3.8) is 0 Å². The Balaban J connectivity index is 0.00000102. The molecule has 0 aliphatic rings. The summed E-state index contributed by atoms with van der Waals surface area (Å²) in [5.41, 5.74) is 11.9. The van der Waals surface area contributed by atoms with Crippen molar-refractivity contribution in [1.82, 2.24) is 15.0 Å². The van der Waals surface area contributed by atoms with Crippen LogP contribution in [-0.2, 0) is 6.54 Å². The Kier molecular flexibility index (Phi) is 6.41. The molecule has 2 heterocycles. The van der Waals surface area contributed by atoms with Crippen molar-refractivity contribution >= 4 is 12.6 Å². The summed E-state index contributed by atoms with van der Waals surface area (Å²) < 4.78 is 0. The zero-order chi connectivity index (χ0) is 19.1. The highest BCUT2D eigenvalue weighted by atomic mass is 32.1. The largest absolute Gasteiger partial charge is 0.337 e. The molecular weight excluding hydrogens is 352 g/mol. The zero-order valence-corrected chi connectivity index (χ0v) is 16.0. The molecule has 136 valence electrons. The quantitative estimate of drug-likeness (QED) is 0.449. The monoisotopic (exact) mass is 374 g/mol. The summed E-state index contributed by atoms with van der Waals surface area (Å²) in [5.74, 6) is 0.852. The van der Waals surface area contributed by atoms with Gasteiger partial charge in [0.1, 0.15) is 5.82 Å². The summed E-state index contributed by atoms with van der Waals surface area (Å²) in [4.78, 5) is 12.5. The van der Waals surface area contributed by atoms with Crippen LogP contribution in [0.15, 0.2) is 79.1 Å². The second kappa shape index (κ2) is 9.16. The molecule has 0 aliphatic carbocycles. The van der Waals surface area contributed by atoms with Crippen molar-refractivity contribution in [2.75, 3.05) is 6.26 Å². The molecule has 0 aliphatic heterocycles. The smallest absolute Gasteiger partial charge is 0.138 e. The summed E-state index contributed by atoms with van der Waals surface area (Å²) in [5, 5.41) is 0. The highest BCUT2D eigenvalue weighted by Crippen LogP contribution is 2.32. The molecule has 0 radical (unpaired) electrons. The van der Waals surface area contributed by atoms with Crippen LogP contribution in [0.1, 0.15) is 5.56 Å². The van der Waals surface area contributed by atoms with Crippen LogP contribution in [0.4, 0.5) is 0 Å². The maximum atomic E-state index is 5.71. The Morgan fingerprint density at radius 1 is 0.815 bits per heavy atom. The van der Waals surface area contributed by atoms with Gasteiger partial charge >= 0.3 is 0 Å². The van der Waals surface area contributed by atoms with Crippen LogP contribution in [-0.4, -0.2) is 21.2 Å². The van der Waals surface area contributed by atoms with E-state index in [4.69, 9.17) is 10.7 Å². The molecule has 0 saturated heterocycles. The summed E-state index contributed by atoms with van der Waals surface area (Å²) in [6, 6.07) is 22.3. The number of benzene rings is 2. The van der Waals surface area contributed by atoms with E-state index < -0.39 is 0 Å². The maximum absolute atomic E-state index is 5.71. The van der Waals surface area contributed by atoms with E-state index in [-0.39, 0.29) is 0 Å². The fourth-order valence-corrected chi connectivity index (χ4v) is 2.84. The number of thiol groups is 1. The van der Waals surface area contributed by atoms with Crippen LogP contribution < -0.4 is 5.73 Å². The predicted molar refractivity (Wildman–Crippen MR) is 115 cm³/mol. The third-order valence-electron chi connectivity index (χ3n) is 4.18. The number of hydrogen-bond donors (Lipinski definition) is 3. The standard InChI is InChI=1S/C21H18N4.CH4S/c22-14-15-6-8-16(9-7-15)19-20(17-10-12-23-13-11-17)25-21(24-19)18-4-2-1-3-5-18;1-2/h1-13H,14,22H2,(H,24,25);2H,1H3. The van der Waals surface area contributed by atoms with Gasteiger partial charge in [-0.2, -0.15) is 12.6 Å². The van der Waals surface area contributed by atoms with Gasteiger partial charge in [0.05, 0.1) is 11.4 Å². The molecule has 0 atom stereocenters. The van der Waals surface area contributed by atoms with Crippen LogP contribution in [0.2, 0.25) is 0 Å². The number of rotatable bonds is 4. The van der Waals surface area contributed by atoms with Crippen LogP contribution in [0.25, 0.3) is 33.9 Å². The van der Waals surface area contributed by atoms with Gasteiger partial charge in [0, 0.05) is 35.6 Å². The van der Waals surface area contributed by atoms with Gasteiger partial charge in [-0.1, -0.05) is 54.6 Å². The van der Waals surface area contributed by atoms with Gasteiger partial charge in [0.15, 0.2) is 0 Å². The SMILES string of the molecule is CS.NCc1ccc(-c2nc(-c3ccccc3)[nH]c2-c2ccncc2)cc1. The predicted octanol–water partition coefficient (Wildman–Crippen LogP) is 4.81. The second-order valence-electron chi connectivity index (χ2n) is 5.81. The molecular formula is C22H22N4S. The minimum atomic E-state index is 0.535. The number of nitrogens with two attached hydrogens (primary N) is 1. The molecule has 0 saturated carbocycles. The van der Waals surface area contributed by atoms with E-state index in [2.05, 4.69) is 46.9 Å². The molecule has 2 aromatic carbocycles. The Morgan fingerprint density at radius 2 is 1.48 bits per heavy atom. The van der Waals surface area contributed by atoms with E-state index in [1.165, 1.54) is 0 Å². The van der Waals surface area contributed by atoms with Crippen LogP contribution >= 0.6 is 12.6 Å². The van der Waals surface area contributed by atoms with Crippen molar-refractivity contribution in [3.8, 4) is 33.9 Å². The summed E-state index contributed by atoms with van der Waals surface area (Å²) in [6.07, 6.45) is 5.28. The number of nitrogens with one attached hydrogen (secondary N) is 1. The Labute approximate surface area is 164 Å². The molecule has 4 nitrogen and oxygen atoms in total. The Hall–Kier alpha value is -2.89. The van der Waals surface area contributed by atoms with Crippen LogP contribution in [0, 0.1) is 0 Å². The lowest BCUT2D eigenvalue weighted by Gasteiger charge is -2.04. The molecule has 0 bridgehead atoms. The van der Waals surface area contributed by atoms with Gasteiger partial charge in [-0.15, -0.1) is 0 Å². The normalized spacial score (nSPS) is 10.2. The lowest BCUT2D eigenvalue weighted by molar-refractivity contribution is 1.07. The molecule has 5 heteroatoms. The third kappa shape index (κ3) is 4.27. The summed E-state index contributed by atoms with van der Waals surface area (Å²) >= 11 is 3.53. The van der Waals surface area contributed by atoms with Crippen LogP contribution in [0.5, 0.6) is 0 Å². The minimum Gasteiger partial charge on any atom is -0.337 e. The Morgan fingerprint density at radius 3 is 2.11 bits per heavy atom. The number of aromatic nitrogens is 3. The molecule has 4 rings (SSSR count). The van der Waals surface area contributed by atoms with E-state index in [1.807, 2.05) is 42.5 Å². The number of imidazole rings is 1. The van der Waals surface area contributed by atoms with E-state index in [9.17, 15) is 0 Å². The first kappa shape index (κ1) is 18.9. The van der Waals surface area contributed by atoms with E-state index in [0.717, 1.165) is 39.5 Å². The van der Waals surface area contributed by atoms with Crippen molar-refractivity contribution < 1.29 is 0 Å². The first-order valence-electron chi connectivity index (χ1n) is 8.65. The number of H-pyrrole nitrogens is 1. The molecule has 0 fully saturated rings. The average Bonchev–Trinajstić information content (AvgIpc) is 3.22. The number of pyridine rings is 1. The molecule has 0 amide bonds. The lowest BCUT2D eigenvalue weighted by atomic mass is 10.0. The van der Waals surface area contributed by atoms with Crippen LogP contribution in [0.3, 0.4) is 0 Å². The number of hydrogen-bond acceptors (Lipinski definition) is 4. The topological polar surface area (TPSA) is 67.6 Å². The van der Waals surface area contributed by atoms with E-state index in [1.54, 1.807) is 18.6 Å². The van der Waals surface area contributed by atoms with Gasteiger partial charge in [0.2, 0.25) is 0 Å². The molecule has 0 unspecified atom stereocenters. The maximum Gasteiger partial charge on any atom is 0.138 e. The van der Waals surface area contributed by atoms with Crippen molar-refractivity contribution in [2.24, 2.45) is 5.73 Å². The molecule has 2 aromatic heterocycles. The van der Waals surface area contributed by atoms with Crippen molar-refractivity contribution in [3.05, 3.63) is 84.7 Å². The second-order valence-corrected chi connectivity index (χ2v) is 5.81. The molecule has 27 heavy (non-hydrogen) atoms. The van der Waals surface area contributed by atoms with Crippen molar-refractivity contribution in [2.45, 2.75) is 6.54 Å². The fourth-order valence-electron chi connectivity index (χ4n) is 2.84. The van der Waals surface area contributed by atoms with Gasteiger partial charge in [0.25, 0.3) is 0 Å². The number of nitrogens with zero attached hydrogens (tertiary/aromatic N) is 2. The first-order valence-corrected chi connectivity index (χ1v) is 9.54. The summed E-state index contributed by atoms with van der Waals surface area (Å²) in [7, 11) is 0. The molecule has 4 aromatic rings. The van der Waals surface area contributed by atoms with Crippen molar-refractivity contribution in [1.29, 1.82) is 0 Å². The summed E-state index contributed by atoms with van der Waals surface area (Å²) in [6.45, 7) is 0.535. The van der Waals surface area contributed by atoms with Gasteiger partial charge in [-0.3, -0.25) is 4.98 Å². The molecule has 0 spiro atoms. The highest BCUT2D eigenvalue weighted by Gasteiger charge is 2.15.